The molecule has 0 aromatic carbocycles. The van der Waals surface area contributed by atoms with Gasteiger partial charge in [0, 0.05) is 6.92 Å². The molecule has 0 aliphatic heterocycles. The van der Waals surface area contributed by atoms with Crippen LogP contribution in [0.5, 0.6) is 0 Å². The molecule has 56 valence electrons. The predicted octanol–water partition coefficient (Wildman–Crippen LogP) is 0.669. The van der Waals surface area contributed by atoms with E-state index in [1.807, 2.05) is 0 Å². The van der Waals surface area contributed by atoms with Gasteiger partial charge in [-0.3, -0.25) is 9.59 Å². The third-order valence-electron chi connectivity index (χ3n) is 1.14. The van der Waals surface area contributed by atoms with Crippen LogP contribution in [0.3, 0.4) is 0 Å². The van der Waals surface area contributed by atoms with Gasteiger partial charge in [0.05, 0.1) is 0 Å². The number of nitrogens with zero attached hydrogens (tertiary/aromatic N) is 1. The average molecular weight is 149 g/mol. The molecule has 0 saturated heterocycles. The highest BCUT2D eigenvalue weighted by molar-refractivity contribution is 6.49. The molecule has 1 aliphatic rings. The first-order chi connectivity index (χ1) is 5.20. The number of rotatable bonds is 0. The molecule has 0 N–H and O–H groups in total. The van der Waals surface area contributed by atoms with Gasteiger partial charge < -0.3 is 0 Å². The van der Waals surface area contributed by atoms with Crippen molar-refractivity contribution in [2.45, 2.75) is 6.92 Å². The smallest absolute Gasteiger partial charge is 0.243 e. The maximum atomic E-state index is 10.9. The fourth-order valence-electron chi connectivity index (χ4n) is 0.719. The lowest BCUT2D eigenvalue weighted by molar-refractivity contribution is -0.116. The molecule has 0 fully saturated rings. The predicted molar refractivity (Wildman–Crippen MR) is 41.4 cm³/mol. The summed E-state index contributed by atoms with van der Waals surface area (Å²) in [4.78, 5) is 24.9. The lowest BCUT2D eigenvalue weighted by atomic mass is 10.1. The van der Waals surface area contributed by atoms with E-state index in [0.717, 1.165) is 0 Å². The molecule has 0 aromatic heterocycles. The third kappa shape index (κ3) is 1.97. The van der Waals surface area contributed by atoms with Crippen LogP contribution in [0.1, 0.15) is 6.92 Å². The Kier molecular flexibility index (Phi) is 2.11. The summed E-state index contributed by atoms with van der Waals surface area (Å²) < 4.78 is 0. The van der Waals surface area contributed by atoms with Gasteiger partial charge >= 0.3 is 0 Å². The Labute approximate surface area is 64.1 Å². The van der Waals surface area contributed by atoms with E-state index in [1.54, 1.807) is 12.2 Å². The van der Waals surface area contributed by atoms with Crippen LogP contribution < -0.4 is 0 Å². The minimum atomic E-state index is -0.353. The first-order valence-corrected chi connectivity index (χ1v) is 3.18. The summed E-state index contributed by atoms with van der Waals surface area (Å²) >= 11 is 0. The van der Waals surface area contributed by atoms with Gasteiger partial charge in [0.2, 0.25) is 11.7 Å². The number of carbonyl (C=O) groups excluding carboxylic acids is 2. The van der Waals surface area contributed by atoms with Crippen molar-refractivity contribution in [2.24, 2.45) is 4.99 Å². The summed E-state index contributed by atoms with van der Waals surface area (Å²) in [5, 5.41) is 0. The van der Waals surface area contributed by atoms with E-state index in [9.17, 15) is 9.59 Å². The number of hydrogen-bond donors (Lipinski definition) is 0. The van der Waals surface area contributed by atoms with Crippen molar-refractivity contribution in [1.82, 2.24) is 0 Å². The highest BCUT2D eigenvalue weighted by Gasteiger charge is 2.07. The normalized spacial score (nSPS) is 19.4. The molecule has 0 radical (unpaired) electrons. The first-order valence-electron chi connectivity index (χ1n) is 3.18. The van der Waals surface area contributed by atoms with Crippen molar-refractivity contribution in [2.75, 3.05) is 0 Å². The molecule has 0 aromatic rings. The molecular formula is C8H7NO2. The largest absolute Gasteiger partial charge is 0.288 e. The molecule has 3 nitrogen and oxygen atoms in total. The Balaban J connectivity index is 2.90. The summed E-state index contributed by atoms with van der Waals surface area (Å²) in [6.07, 6.45) is 6.18. The summed E-state index contributed by atoms with van der Waals surface area (Å²) in [5.41, 5.74) is 0.208. The molecule has 0 unspecified atom stereocenters. The zero-order chi connectivity index (χ0) is 8.27. The summed E-state index contributed by atoms with van der Waals surface area (Å²) in [7, 11) is 0. The molecule has 1 rings (SSSR count). The van der Waals surface area contributed by atoms with Gasteiger partial charge in [-0.2, -0.15) is 0 Å². The Morgan fingerprint density at radius 2 is 2.00 bits per heavy atom. The molecule has 3 heteroatoms. The maximum absolute atomic E-state index is 10.9. The van der Waals surface area contributed by atoms with Crippen molar-refractivity contribution >= 4 is 17.4 Å². The average Bonchev–Trinajstić information content (AvgIpc) is 1.93. The zero-order valence-electron chi connectivity index (χ0n) is 6.07. The van der Waals surface area contributed by atoms with Gasteiger partial charge in [0.1, 0.15) is 5.71 Å². The van der Waals surface area contributed by atoms with Crippen molar-refractivity contribution in [3.05, 3.63) is 24.3 Å². The Morgan fingerprint density at radius 1 is 1.36 bits per heavy atom. The number of hydrogen-bond acceptors (Lipinski definition) is 2. The van der Waals surface area contributed by atoms with Crippen LogP contribution in [0, 0.1) is 0 Å². The Morgan fingerprint density at radius 3 is 2.55 bits per heavy atom. The highest BCUT2D eigenvalue weighted by atomic mass is 16.1. The third-order valence-corrected chi connectivity index (χ3v) is 1.14. The fraction of sp³-hybridized carbons (Fsp3) is 0.125. The molecule has 0 atom stereocenters. The van der Waals surface area contributed by atoms with Crippen molar-refractivity contribution in [3.63, 3.8) is 0 Å². The monoisotopic (exact) mass is 149 g/mol. The van der Waals surface area contributed by atoms with Gasteiger partial charge in [0.25, 0.3) is 0 Å². The van der Waals surface area contributed by atoms with Crippen molar-refractivity contribution < 1.29 is 9.59 Å². The van der Waals surface area contributed by atoms with Crippen molar-refractivity contribution in [3.8, 4) is 0 Å². The van der Waals surface area contributed by atoms with E-state index in [1.165, 1.54) is 19.1 Å². The van der Waals surface area contributed by atoms with E-state index >= 15 is 0 Å². The minimum absolute atomic E-state index is 0.208. The molecule has 0 heterocycles. The number of ketones is 1. The second-order valence-corrected chi connectivity index (χ2v) is 2.10. The second-order valence-electron chi connectivity index (χ2n) is 2.10. The van der Waals surface area contributed by atoms with Gasteiger partial charge in [-0.25, -0.2) is 4.99 Å². The Hall–Kier alpha value is -1.51. The van der Waals surface area contributed by atoms with E-state index in [0.29, 0.717) is 0 Å². The van der Waals surface area contributed by atoms with Crippen LogP contribution in [-0.2, 0) is 9.59 Å². The summed E-state index contributed by atoms with van der Waals surface area (Å²) in [6.45, 7) is 1.31. The van der Waals surface area contributed by atoms with E-state index in [-0.39, 0.29) is 17.4 Å². The van der Waals surface area contributed by atoms with E-state index in [2.05, 4.69) is 4.99 Å². The standard InChI is InChI=1S/C8H7NO2/c1-6(10)9-7-4-2-3-5-8(7)11/h2-5H,1H3. The van der Waals surface area contributed by atoms with E-state index in [4.69, 9.17) is 0 Å². The highest BCUT2D eigenvalue weighted by Crippen LogP contribution is 1.95. The number of aliphatic imine (C=N–C) groups is 1. The molecule has 0 saturated carbocycles. The molecule has 11 heavy (non-hydrogen) atoms. The van der Waals surface area contributed by atoms with Crippen LogP contribution >= 0.6 is 0 Å². The van der Waals surface area contributed by atoms with Gasteiger partial charge in [-0.05, 0) is 12.2 Å². The fourth-order valence-corrected chi connectivity index (χ4v) is 0.719. The minimum Gasteiger partial charge on any atom is -0.288 e. The molecule has 1 amide bonds. The van der Waals surface area contributed by atoms with Gasteiger partial charge in [0.15, 0.2) is 0 Å². The van der Waals surface area contributed by atoms with Crippen LogP contribution in [0.2, 0.25) is 0 Å². The quantitative estimate of drug-likeness (QED) is 0.475. The topological polar surface area (TPSA) is 46.5 Å². The van der Waals surface area contributed by atoms with Gasteiger partial charge in [-0.15, -0.1) is 0 Å². The second kappa shape index (κ2) is 3.05. The number of carbonyl (C=O) groups is 2. The first kappa shape index (κ1) is 7.60. The molecule has 1 aliphatic carbocycles. The summed E-state index contributed by atoms with van der Waals surface area (Å²) in [6, 6.07) is 0. The summed E-state index contributed by atoms with van der Waals surface area (Å²) in [5.74, 6) is -0.573. The van der Waals surface area contributed by atoms with Gasteiger partial charge in [-0.1, -0.05) is 12.2 Å². The SMILES string of the molecule is CC(=O)N=C1C=CC=CC1=O. The van der Waals surface area contributed by atoms with Crippen molar-refractivity contribution in [1.29, 1.82) is 0 Å². The Bertz CT molecular complexity index is 284. The van der Waals surface area contributed by atoms with E-state index < -0.39 is 0 Å². The molecular weight excluding hydrogens is 142 g/mol. The van der Waals surface area contributed by atoms with Crippen LogP contribution in [0.15, 0.2) is 29.3 Å². The number of allylic oxidation sites excluding steroid dienone is 4. The molecule has 0 spiro atoms. The molecule has 0 bridgehead atoms. The van der Waals surface area contributed by atoms with Crippen LogP contribution in [0.25, 0.3) is 0 Å². The van der Waals surface area contributed by atoms with Crippen LogP contribution in [-0.4, -0.2) is 17.4 Å². The zero-order valence-corrected chi connectivity index (χ0v) is 6.07. The maximum Gasteiger partial charge on any atom is 0.243 e. The lowest BCUT2D eigenvalue weighted by Gasteiger charge is -1.96. The lowest BCUT2D eigenvalue weighted by Crippen LogP contribution is -2.11. The number of amides is 1. The van der Waals surface area contributed by atoms with Crippen LogP contribution in [0.4, 0.5) is 0 Å².